The molecule has 0 spiro atoms. The van der Waals surface area contributed by atoms with Crippen LogP contribution in [0.15, 0.2) is 29.0 Å². The van der Waals surface area contributed by atoms with Crippen molar-refractivity contribution in [1.29, 1.82) is 0 Å². The zero-order valence-electron chi connectivity index (χ0n) is 13.4. The molecule has 2 aromatic rings. The largest absolute Gasteiger partial charge is 0.342 e. The van der Waals surface area contributed by atoms with Gasteiger partial charge in [0.1, 0.15) is 0 Å². The minimum atomic E-state index is 0.258. The molecule has 122 valence electrons. The molecule has 1 atom stereocenters. The molecule has 0 bridgehead atoms. The van der Waals surface area contributed by atoms with Gasteiger partial charge in [-0.2, -0.15) is 4.98 Å². The summed E-state index contributed by atoms with van der Waals surface area (Å²) in [5.41, 5.74) is 0.837. The Morgan fingerprint density at radius 3 is 3.17 bits per heavy atom. The molecule has 0 radical (unpaired) electrons. The number of hydrogen-bond donors (Lipinski definition) is 0. The van der Waals surface area contributed by atoms with E-state index in [0.29, 0.717) is 18.2 Å². The number of hydrogen-bond acceptors (Lipinski definition) is 5. The molecule has 6 heteroatoms. The highest BCUT2D eigenvalue weighted by atomic mass is 16.5. The van der Waals surface area contributed by atoms with E-state index in [-0.39, 0.29) is 5.91 Å². The first kappa shape index (κ1) is 15.6. The van der Waals surface area contributed by atoms with Crippen molar-refractivity contribution in [2.45, 2.75) is 39.0 Å². The number of piperidine rings is 1. The van der Waals surface area contributed by atoms with Gasteiger partial charge in [0, 0.05) is 38.3 Å². The minimum absolute atomic E-state index is 0.258. The maximum absolute atomic E-state index is 11.8. The van der Waals surface area contributed by atoms with Crippen molar-refractivity contribution in [1.82, 2.24) is 20.0 Å². The lowest BCUT2D eigenvalue weighted by atomic mass is 9.93. The van der Waals surface area contributed by atoms with Gasteiger partial charge >= 0.3 is 0 Å². The first-order chi connectivity index (χ1) is 11.3. The lowest BCUT2D eigenvalue weighted by molar-refractivity contribution is -0.132. The molecule has 1 aliphatic rings. The van der Waals surface area contributed by atoms with E-state index in [9.17, 15) is 4.79 Å². The number of likely N-dealkylation sites (tertiary alicyclic amines) is 1. The molecule has 23 heavy (non-hydrogen) atoms. The van der Waals surface area contributed by atoms with E-state index >= 15 is 0 Å². The lowest BCUT2D eigenvalue weighted by Crippen LogP contribution is -2.39. The van der Waals surface area contributed by atoms with Crippen molar-refractivity contribution in [3.05, 3.63) is 30.4 Å². The van der Waals surface area contributed by atoms with Crippen molar-refractivity contribution in [3.8, 4) is 11.5 Å². The third kappa shape index (κ3) is 3.94. The molecule has 0 aromatic carbocycles. The fourth-order valence-corrected chi connectivity index (χ4v) is 3.05. The van der Waals surface area contributed by atoms with Gasteiger partial charge in [-0.25, -0.2) is 0 Å². The maximum atomic E-state index is 11.8. The minimum Gasteiger partial charge on any atom is -0.342 e. The van der Waals surface area contributed by atoms with Crippen molar-refractivity contribution in [2.24, 2.45) is 5.92 Å². The van der Waals surface area contributed by atoms with Crippen LogP contribution in [0.2, 0.25) is 0 Å². The third-order valence-electron chi connectivity index (χ3n) is 4.33. The monoisotopic (exact) mass is 314 g/mol. The fraction of sp³-hybridized carbons (Fsp3) is 0.529. The summed E-state index contributed by atoms with van der Waals surface area (Å²) in [5, 5.41) is 4.05. The van der Waals surface area contributed by atoms with E-state index in [4.69, 9.17) is 4.52 Å². The Morgan fingerprint density at radius 1 is 1.48 bits per heavy atom. The Balaban J connectivity index is 1.54. The number of nitrogens with zero attached hydrogens (tertiary/aromatic N) is 4. The molecule has 3 heterocycles. The van der Waals surface area contributed by atoms with Gasteiger partial charge in [-0.3, -0.25) is 9.78 Å². The van der Waals surface area contributed by atoms with E-state index in [1.54, 1.807) is 12.4 Å². The molecular formula is C17H22N4O2. The van der Waals surface area contributed by atoms with E-state index in [0.717, 1.165) is 43.7 Å². The van der Waals surface area contributed by atoms with Crippen LogP contribution in [0, 0.1) is 5.92 Å². The number of amides is 1. The molecule has 0 saturated carbocycles. The highest BCUT2D eigenvalue weighted by Crippen LogP contribution is 2.22. The Labute approximate surface area is 135 Å². The molecule has 1 amide bonds. The van der Waals surface area contributed by atoms with Crippen LogP contribution >= 0.6 is 0 Å². The lowest BCUT2D eigenvalue weighted by Gasteiger charge is -2.32. The molecule has 3 rings (SSSR count). The topological polar surface area (TPSA) is 72.1 Å². The van der Waals surface area contributed by atoms with Gasteiger partial charge in [0.2, 0.25) is 5.91 Å². The standard InChI is InChI=1S/C17H22N4O2/c1-2-16(22)21-10-4-5-13(12-21)7-8-15-19-17(23-20-15)14-6-3-9-18-11-14/h3,6,9,11,13H,2,4-5,7-8,10,12H2,1H3. The molecule has 1 fully saturated rings. The number of aryl methyl sites for hydroxylation is 1. The molecule has 1 aliphatic heterocycles. The van der Waals surface area contributed by atoms with Crippen molar-refractivity contribution in [3.63, 3.8) is 0 Å². The van der Waals surface area contributed by atoms with E-state index in [2.05, 4.69) is 15.1 Å². The molecular weight excluding hydrogens is 292 g/mol. The summed E-state index contributed by atoms with van der Waals surface area (Å²) < 4.78 is 5.30. The van der Waals surface area contributed by atoms with Crippen LogP contribution < -0.4 is 0 Å². The summed E-state index contributed by atoms with van der Waals surface area (Å²) in [4.78, 5) is 22.3. The normalized spacial score (nSPS) is 18.1. The van der Waals surface area contributed by atoms with Crippen LogP contribution in [0.4, 0.5) is 0 Å². The van der Waals surface area contributed by atoms with Crippen molar-refractivity contribution in [2.75, 3.05) is 13.1 Å². The SMILES string of the molecule is CCC(=O)N1CCCC(CCc2noc(-c3cccnc3)n2)C1. The second-order valence-electron chi connectivity index (χ2n) is 6.00. The van der Waals surface area contributed by atoms with Crippen molar-refractivity contribution >= 4 is 5.91 Å². The average Bonchev–Trinajstić information content (AvgIpc) is 3.09. The molecule has 2 aromatic heterocycles. The molecule has 6 nitrogen and oxygen atoms in total. The first-order valence-corrected chi connectivity index (χ1v) is 8.27. The quantitative estimate of drug-likeness (QED) is 0.848. The van der Waals surface area contributed by atoms with Crippen LogP contribution in [-0.4, -0.2) is 39.0 Å². The zero-order valence-corrected chi connectivity index (χ0v) is 13.4. The van der Waals surface area contributed by atoms with Gasteiger partial charge in [0.05, 0.1) is 5.56 Å². The number of aromatic nitrogens is 3. The van der Waals surface area contributed by atoms with Crippen LogP contribution in [-0.2, 0) is 11.2 Å². The van der Waals surface area contributed by atoms with Gasteiger partial charge in [-0.15, -0.1) is 0 Å². The third-order valence-corrected chi connectivity index (χ3v) is 4.33. The number of rotatable bonds is 5. The Kier molecular flexibility index (Phi) is 5.00. The zero-order chi connectivity index (χ0) is 16.1. The molecule has 1 unspecified atom stereocenters. The average molecular weight is 314 g/mol. The Morgan fingerprint density at radius 2 is 2.39 bits per heavy atom. The molecule has 0 aliphatic carbocycles. The van der Waals surface area contributed by atoms with Crippen LogP contribution in [0.5, 0.6) is 0 Å². The Hall–Kier alpha value is -2.24. The van der Waals surface area contributed by atoms with Gasteiger partial charge in [-0.1, -0.05) is 12.1 Å². The smallest absolute Gasteiger partial charge is 0.259 e. The van der Waals surface area contributed by atoms with Gasteiger partial charge < -0.3 is 9.42 Å². The Bertz CT molecular complexity index is 641. The van der Waals surface area contributed by atoms with Crippen LogP contribution in [0.25, 0.3) is 11.5 Å². The second kappa shape index (κ2) is 7.35. The summed E-state index contributed by atoms with van der Waals surface area (Å²) in [6.07, 6.45) is 8.04. The van der Waals surface area contributed by atoms with Crippen LogP contribution in [0.3, 0.4) is 0 Å². The van der Waals surface area contributed by atoms with E-state index in [1.807, 2.05) is 24.0 Å². The van der Waals surface area contributed by atoms with Crippen molar-refractivity contribution < 1.29 is 9.32 Å². The highest BCUT2D eigenvalue weighted by molar-refractivity contribution is 5.75. The predicted molar refractivity (Wildman–Crippen MR) is 85.4 cm³/mol. The van der Waals surface area contributed by atoms with Gasteiger partial charge in [-0.05, 0) is 37.3 Å². The van der Waals surface area contributed by atoms with Gasteiger partial charge in [0.25, 0.3) is 5.89 Å². The summed E-state index contributed by atoms with van der Waals surface area (Å²) in [6, 6.07) is 3.75. The molecule has 1 saturated heterocycles. The summed E-state index contributed by atoms with van der Waals surface area (Å²) >= 11 is 0. The predicted octanol–water partition coefficient (Wildman–Crippen LogP) is 2.71. The van der Waals surface area contributed by atoms with Gasteiger partial charge in [0.15, 0.2) is 5.82 Å². The summed E-state index contributed by atoms with van der Waals surface area (Å²) in [7, 11) is 0. The summed E-state index contributed by atoms with van der Waals surface area (Å²) in [5.74, 6) is 2.02. The van der Waals surface area contributed by atoms with E-state index in [1.165, 1.54) is 6.42 Å². The second-order valence-corrected chi connectivity index (χ2v) is 6.00. The number of carbonyl (C=O) groups excluding carboxylic acids is 1. The maximum Gasteiger partial charge on any atom is 0.259 e. The number of pyridine rings is 1. The first-order valence-electron chi connectivity index (χ1n) is 8.27. The number of carbonyl (C=O) groups is 1. The fourth-order valence-electron chi connectivity index (χ4n) is 3.05. The highest BCUT2D eigenvalue weighted by Gasteiger charge is 2.23. The summed E-state index contributed by atoms with van der Waals surface area (Å²) in [6.45, 7) is 3.68. The van der Waals surface area contributed by atoms with E-state index < -0.39 is 0 Å². The molecule has 0 N–H and O–H groups in total. The van der Waals surface area contributed by atoms with Crippen LogP contribution in [0.1, 0.15) is 38.4 Å².